The van der Waals surface area contributed by atoms with Crippen LogP contribution in [0, 0.1) is 11.8 Å². The number of nitrogens with zero attached hydrogens (tertiary/aromatic N) is 1. The van der Waals surface area contributed by atoms with E-state index in [1.165, 1.54) is 6.42 Å². The number of fused-ring (bicyclic) bond motifs is 3. The fourth-order valence-corrected chi connectivity index (χ4v) is 3.06. The second kappa shape index (κ2) is 5.53. The third-order valence-corrected chi connectivity index (χ3v) is 4.01. The Morgan fingerprint density at radius 1 is 1.47 bits per heavy atom. The average Bonchev–Trinajstić information content (AvgIpc) is 2.35. The Morgan fingerprint density at radius 2 is 2.21 bits per heavy atom. The summed E-state index contributed by atoms with van der Waals surface area (Å²) in [6, 6.07) is 0.350. The first kappa shape index (κ1) is 14.4. The second-order valence-electron chi connectivity index (χ2n) is 6.61. The molecule has 19 heavy (non-hydrogen) atoms. The van der Waals surface area contributed by atoms with E-state index in [0.29, 0.717) is 24.5 Å². The molecule has 108 valence electrons. The van der Waals surface area contributed by atoms with Gasteiger partial charge in [0, 0.05) is 12.6 Å². The Labute approximate surface area is 115 Å². The molecule has 0 aliphatic carbocycles. The van der Waals surface area contributed by atoms with E-state index in [9.17, 15) is 4.79 Å². The number of carbonyl (C=O) groups excluding carboxylic acids is 1. The summed E-state index contributed by atoms with van der Waals surface area (Å²) in [7, 11) is 0. The van der Waals surface area contributed by atoms with E-state index in [1.54, 1.807) is 0 Å². The molecular formula is C15H25NO3. The fraction of sp³-hybridized carbons (Fsp3) is 0.800. The molecule has 0 amide bonds. The predicted octanol–water partition coefficient (Wildman–Crippen LogP) is 2.83. The molecule has 4 heteroatoms. The van der Waals surface area contributed by atoms with Crippen molar-refractivity contribution in [2.45, 2.75) is 45.3 Å². The molecule has 0 N–H and O–H groups in total. The van der Waals surface area contributed by atoms with Crippen molar-refractivity contribution >= 4 is 6.16 Å². The molecule has 4 atom stereocenters. The zero-order valence-corrected chi connectivity index (χ0v) is 12.2. The predicted molar refractivity (Wildman–Crippen MR) is 74.0 cm³/mol. The van der Waals surface area contributed by atoms with Crippen LogP contribution < -0.4 is 0 Å². The fourth-order valence-electron chi connectivity index (χ4n) is 3.06. The van der Waals surface area contributed by atoms with Gasteiger partial charge in [-0.3, -0.25) is 4.90 Å². The van der Waals surface area contributed by atoms with Gasteiger partial charge < -0.3 is 9.47 Å². The van der Waals surface area contributed by atoms with Gasteiger partial charge in [-0.15, -0.1) is 6.58 Å². The van der Waals surface area contributed by atoms with E-state index in [-0.39, 0.29) is 0 Å². The molecule has 0 aromatic carbocycles. The summed E-state index contributed by atoms with van der Waals surface area (Å²) in [6.45, 7) is 12.0. The van der Waals surface area contributed by atoms with Crippen molar-refractivity contribution in [3.63, 3.8) is 0 Å². The summed E-state index contributed by atoms with van der Waals surface area (Å²) in [4.78, 5) is 14.0. The highest BCUT2D eigenvalue weighted by molar-refractivity contribution is 5.60. The molecule has 3 aliphatic heterocycles. The summed E-state index contributed by atoms with van der Waals surface area (Å²) in [5.41, 5.74) is -0.489. The molecule has 0 aromatic heterocycles. The maximum atomic E-state index is 11.5. The SMILES string of the molecule is C=C[C@H]1CN2CCC1C[C@@H]2COC(=O)OC(C)(C)C. The van der Waals surface area contributed by atoms with Gasteiger partial charge in [-0.2, -0.15) is 0 Å². The number of hydrogen-bond acceptors (Lipinski definition) is 4. The smallest absolute Gasteiger partial charge is 0.433 e. The molecular weight excluding hydrogens is 242 g/mol. The minimum Gasteiger partial charge on any atom is -0.433 e. The standard InChI is InChI=1S/C15H25NO3/c1-5-11-9-16-7-6-12(11)8-13(16)10-18-14(17)19-15(2,3)4/h5,11-13H,1,6-10H2,2-4H3/t11-,12?,13+/m0/s1. The maximum absolute atomic E-state index is 11.5. The summed E-state index contributed by atoms with van der Waals surface area (Å²) < 4.78 is 10.4. The summed E-state index contributed by atoms with van der Waals surface area (Å²) in [5, 5.41) is 0. The van der Waals surface area contributed by atoms with Crippen molar-refractivity contribution in [1.82, 2.24) is 4.90 Å². The van der Waals surface area contributed by atoms with Crippen LogP contribution >= 0.6 is 0 Å². The van der Waals surface area contributed by atoms with Crippen molar-refractivity contribution < 1.29 is 14.3 Å². The van der Waals surface area contributed by atoms with Gasteiger partial charge in [0.25, 0.3) is 0 Å². The Morgan fingerprint density at radius 3 is 2.74 bits per heavy atom. The molecule has 2 unspecified atom stereocenters. The molecule has 0 aromatic rings. The van der Waals surface area contributed by atoms with Crippen LogP contribution in [0.15, 0.2) is 12.7 Å². The zero-order valence-electron chi connectivity index (χ0n) is 12.2. The zero-order chi connectivity index (χ0) is 14.0. The van der Waals surface area contributed by atoms with Crippen LogP contribution in [0.5, 0.6) is 0 Å². The summed E-state index contributed by atoms with van der Waals surface area (Å²) in [6.07, 6.45) is 3.84. The van der Waals surface area contributed by atoms with Crippen LogP contribution in [0.4, 0.5) is 4.79 Å². The van der Waals surface area contributed by atoms with Crippen LogP contribution in [0.25, 0.3) is 0 Å². The van der Waals surface area contributed by atoms with Gasteiger partial charge in [0.15, 0.2) is 0 Å². The highest BCUT2D eigenvalue weighted by atomic mass is 16.7. The van der Waals surface area contributed by atoms with Gasteiger partial charge in [-0.05, 0) is 52.0 Å². The lowest BCUT2D eigenvalue weighted by molar-refractivity contribution is -0.0442. The number of piperidine rings is 3. The normalized spacial score (nSPS) is 33.8. The lowest BCUT2D eigenvalue weighted by Crippen LogP contribution is -2.54. The molecule has 3 heterocycles. The van der Waals surface area contributed by atoms with Crippen LogP contribution in [0.1, 0.15) is 33.6 Å². The highest BCUT2D eigenvalue weighted by Gasteiger charge is 2.39. The van der Waals surface area contributed by atoms with Crippen molar-refractivity contribution in [2.75, 3.05) is 19.7 Å². The number of rotatable bonds is 3. The third kappa shape index (κ3) is 3.72. The van der Waals surface area contributed by atoms with Crippen LogP contribution in [0.3, 0.4) is 0 Å². The molecule has 3 saturated heterocycles. The Balaban J connectivity index is 1.79. The van der Waals surface area contributed by atoms with Gasteiger partial charge in [0.05, 0.1) is 0 Å². The van der Waals surface area contributed by atoms with Crippen LogP contribution in [-0.4, -0.2) is 42.4 Å². The van der Waals surface area contributed by atoms with E-state index in [0.717, 1.165) is 19.5 Å². The monoisotopic (exact) mass is 267 g/mol. The van der Waals surface area contributed by atoms with Gasteiger partial charge in [-0.25, -0.2) is 4.79 Å². The molecule has 0 spiro atoms. The van der Waals surface area contributed by atoms with Crippen LogP contribution in [0.2, 0.25) is 0 Å². The molecule has 0 radical (unpaired) electrons. The van der Waals surface area contributed by atoms with E-state index in [2.05, 4.69) is 17.6 Å². The van der Waals surface area contributed by atoms with Crippen molar-refractivity contribution in [2.24, 2.45) is 11.8 Å². The molecule has 0 saturated carbocycles. The second-order valence-corrected chi connectivity index (χ2v) is 6.61. The highest BCUT2D eigenvalue weighted by Crippen LogP contribution is 2.36. The third-order valence-electron chi connectivity index (χ3n) is 4.01. The Bertz CT molecular complexity index is 348. The van der Waals surface area contributed by atoms with Crippen LogP contribution in [-0.2, 0) is 9.47 Å². The minimum absolute atomic E-state index is 0.350. The van der Waals surface area contributed by atoms with Gasteiger partial charge in [0.1, 0.15) is 12.2 Å². The van der Waals surface area contributed by atoms with E-state index in [1.807, 2.05) is 20.8 Å². The maximum Gasteiger partial charge on any atom is 0.508 e. The quantitative estimate of drug-likeness (QED) is 0.582. The van der Waals surface area contributed by atoms with E-state index in [4.69, 9.17) is 9.47 Å². The lowest BCUT2D eigenvalue weighted by Gasteiger charge is -2.48. The van der Waals surface area contributed by atoms with Crippen molar-refractivity contribution in [3.8, 4) is 0 Å². The molecule has 4 nitrogen and oxygen atoms in total. The van der Waals surface area contributed by atoms with E-state index < -0.39 is 11.8 Å². The minimum atomic E-state index is -0.560. The first-order valence-electron chi connectivity index (χ1n) is 7.11. The summed E-state index contributed by atoms with van der Waals surface area (Å²) in [5.74, 6) is 1.31. The largest absolute Gasteiger partial charge is 0.508 e. The van der Waals surface area contributed by atoms with Gasteiger partial charge in [-0.1, -0.05) is 6.08 Å². The van der Waals surface area contributed by atoms with E-state index >= 15 is 0 Å². The summed E-state index contributed by atoms with van der Waals surface area (Å²) >= 11 is 0. The Kier molecular flexibility index (Phi) is 4.19. The molecule has 3 aliphatic rings. The Hall–Kier alpha value is -1.03. The average molecular weight is 267 g/mol. The van der Waals surface area contributed by atoms with Crippen molar-refractivity contribution in [1.29, 1.82) is 0 Å². The van der Waals surface area contributed by atoms with Gasteiger partial charge >= 0.3 is 6.16 Å². The topological polar surface area (TPSA) is 38.8 Å². The molecule has 2 bridgehead atoms. The number of hydrogen-bond donors (Lipinski definition) is 0. The first-order valence-corrected chi connectivity index (χ1v) is 7.11. The number of carbonyl (C=O) groups is 1. The van der Waals surface area contributed by atoms with Gasteiger partial charge in [0.2, 0.25) is 0 Å². The molecule has 3 rings (SSSR count). The lowest BCUT2D eigenvalue weighted by atomic mass is 9.76. The van der Waals surface area contributed by atoms with Crippen molar-refractivity contribution in [3.05, 3.63) is 12.7 Å². The molecule has 3 fully saturated rings. The number of ether oxygens (including phenoxy) is 2. The first-order chi connectivity index (χ1) is 8.89.